The third-order valence-electron chi connectivity index (χ3n) is 2.47. The zero-order valence-corrected chi connectivity index (χ0v) is 10.4. The van der Waals surface area contributed by atoms with Crippen LogP contribution in [0.3, 0.4) is 0 Å². The molecular formula is C16H10ClN. The second-order valence-corrected chi connectivity index (χ2v) is 4.19. The molecule has 0 aliphatic heterocycles. The Bertz CT molecular complexity index is 639. The summed E-state index contributed by atoms with van der Waals surface area (Å²) in [7, 11) is 0. The average molecular weight is 252 g/mol. The zero-order valence-electron chi connectivity index (χ0n) is 9.65. The molecule has 0 aromatic heterocycles. The maximum absolute atomic E-state index is 8.75. The van der Waals surface area contributed by atoms with Gasteiger partial charge in [-0.05, 0) is 35.9 Å². The quantitative estimate of drug-likeness (QED) is 0.707. The van der Waals surface area contributed by atoms with Crippen molar-refractivity contribution in [2.75, 3.05) is 0 Å². The maximum atomic E-state index is 8.75. The van der Waals surface area contributed by atoms with Crippen LogP contribution in [0, 0.1) is 23.2 Å². The van der Waals surface area contributed by atoms with E-state index in [1.807, 2.05) is 48.5 Å². The fourth-order valence-corrected chi connectivity index (χ4v) is 1.68. The van der Waals surface area contributed by atoms with Gasteiger partial charge in [-0.15, -0.1) is 0 Å². The highest BCUT2D eigenvalue weighted by Gasteiger charge is 1.97. The summed E-state index contributed by atoms with van der Waals surface area (Å²) in [5.74, 6) is 6.16. The standard InChI is InChI=1S/C16H10ClN/c17-16-9-6-13(7-10-16)5-8-14-3-1-2-4-15(14)11-12-18/h1-4,6-7,9-10H,11H2. The van der Waals surface area contributed by atoms with E-state index in [1.54, 1.807) is 0 Å². The van der Waals surface area contributed by atoms with Gasteiger partial charge in [0, 0.05) is 16.1 Å². The minimum absolute atomic E-state index is 0.380. The number of nitriles is 1. The Labute approximate surface area is 112 Å². The predicted molar refractivity (Wildman–Crippen MR) is 73.2 cm³/mol. The first-order valence-corrected chi connectivity index (χ1v) is 5.90. The first-order chi connectivity index (χ1) is 8.79. The molecule has 0 aliphatic rings. The Morgan fingerprint density at radius 1 is 0.944 bits per heavy atom. The van der Waals surface area contributed by atoms with Crippen LogP contribution in [-0.2, 0) is 6.42 Å². The Morgan fingerprint density at radius 3 is 2.39 bits per heavy atom. The van der Waals surface area contributed by atoms with Crippen LogP contribution in [0.15, 0.2) is 48.5 Å². The normalized spacial score (nSPS) is 9.11. The summed E-state index contributed by atoms with van der Waals surface area (Å²) in [5, 5.41) is 9.45. The van der Waals surface area contributed by atoms with Crippen LogP contribution in [0.4, 0.5) is 0 Å². The van der Waals surface area contributed by atoms with Crippen molar-refractivity contribution in [3.05, 3.63) is 70.2 Å². The molecular weight excluding hydrogens is 242 g/mol. The molecule has 0 N–H and O–H groups in total. The van der Waals surface area contributed by atoms with Gasteiger partial charge in [0.05, 0.1) is 12.5 Å². The van der Waals surface area contributed by atoms with Crippen LogP contribution < -0.4 is 0 Å². The fourth-order valence-electron chi connectivity index (χ4n) is 1.55. The van der Waals surface area contributed by atoms with Crippen molar-refractivity contribution in [2.45, 2.75) is 6.42 Å². The van der Waals surface area contributed by atoms with Gasteiger partial charge in [0.1, 0.15) is 0 Å². The Morgan fingerprint density at radius 2 is 1.67 bits per heavy atom. The summed E-state index contributed by atoms with van der Waals surface area (Å²) in [4.78, 5) is 0. The molecule has 0 amide bonds. The first-order valence-electron chi connectivity index (χ1n) is 5.52. The van der Waals surface area contributed by atoms with Crippen LogP contribution in [0.25, 0.3) is 0 Å². The molecule has 0 bridgehead atoms. The van der Waals surface area contributed by atoms with Gasteiger partial charge in [-0.25, -0.2) is 0 Å². The number of rotatable bonds is 1. The lowest BCUT2D eigenvalue weighted by molar-refractivity contribution is 1.25. The van der Waals surface area contributed by atoms with E-state index in [2.05, 4.69) is 17.9 Å². The molecule has 0 saturated carbocycles. The number of hydrogen-bond acceptors (Lipinski definition) is 1. The van der Waals surface area contributed by atoms with Gasteiger partial charge in [0.15, 0.2) is 0 Å². The lowest BCUT2D eigenvalue weighted by Gasteiger charge is -1.98. The molecule has 0 radical (unpaired) electrons. The van der Waals surface area contributed by atoms with E-state index in [1.165, 1.54) is 0 Å². The molecule has 0 fully saturated rings. The number of benzene rings is 2. The van der Waals surface area contributed by atoms with Crippen LogP contribution in [0.2, 0.25) is 5.02 Å². The molecule has 0 saturated heterocycles. The summed E-state index contributed by atoms with van der Waals surface area (Å²) in [6.45, 7) is 0. The fraction of sp³-hybridized carbons (Fsp3) is 0.0625. The summed E-state index contributed by atoms with van der Waals surface area (Å²) in [6.07, 6.45) is 0.380. The SMILES string of the molecule is N#CCc1ccccc1C#Cc1ccc(Cl)cc1. The number of nitrogens with zero attached hydrogens (tertiary/aromatic N) is 1. The third kappa shape index (κ3) is 3.14. The zero-order chi connectivity index (χ0) is 12.8. The van der Waals surface area contributed by atoms with Crippen molar-refractivity contribution in [2.24, 2.45) is 0 Å². The van der Waals surface area contributed by atoms with Gasteiger partial charge in [-0.3, -0.25) is 0 Å². The van der Waals surface area contributed by atoms with E-state index < -0.39 is 0 Å². The van der Waals surface area contributed by atoms with Crippen molar-refractivity contribution in [1.29, 1.82) is 5.26 Å². The Kier molecular flexibility index (Phi) is 4.02. The van der Waals surface area contributed by atoms with Crippen molar-refractivity contribution >= 4 is 11.6 Å². The number of halogens is 1. The third-order valence-corrected chi connectivity index (χ3v) is 2.72. The van der Waals surface area contributed by atoms with Crippen LogP contribution >= 0.6 is 11.6 Å². The largest absolute Gasteiger partial charge is 0.198 e. The summed E-state index contributed by atoms with van der Waals surface area (Å²) in [6, 6.07) is 17.2. The van der Waals surface area contributed by atoms with Crippen molar-refractivity contribution in [1.82, 2.24) is 0 Å². The van der Waals surface area contributed by atoms with Crippen LogP contribution in [0.1, 0.15) is 16.7 Å². The molecule has 2 aromatic rings. The molecule has 2 heteroatoms. The smallest absolute Gasteiger partial charge is 0.0670 e. The van der Waals surface area contributed by atoms with Crippen LogP contribution in [-0.4, -0.2) is 0 Å². The van der Waals surface area contributed by atoms with Gasteiger partial charge in [-0.2, -0.15) is 5.26 Å². The minimum Gasteiger partial charge on any atom is -0.198 e. The first kappa shape index (κ1) is 12.2. The Balaban J connectivity index is 2.30. The van der Waals surface area contributed by atoms with Gasteiger partial charge < -0.3 is 0 Å². The molecule has 0 atom stereocenters. The second kappa shape index (κ2) is 5.92. The molecule has 2 rings (SSSR count). The molecule has 2 aromatic carbocycles. The van der Waals surface area contributed by atoms with Crippen molar-refractivity contribution < 1.29 is 0 Å². The molecule has 86 valence electrons. The number of hydrogen-bond donors (Lipinski definition) is 0. The van der Waals surface area contributed by atoms with Gasteiger partial charge in [0.2, 0.25) is 0 Å². The van der Waals surface area contributed by atoms with E-state index in [0.29, 0.717) is 11.4 Å². The monoisotopic (exact) mass is 251 g/mol. The van der Waals surface area contributed by atoms with Gasteiger partial charge in [0.25, 0.3) is 0 Å². The van der Waals surface area contributed by atoms with E-state index in [-0.39, 0.29) is 0 Å². The molecule has 0 aliphatic carbocycles. The van der Waals surface area contributed by atoms with E-state index in [4.69, 9.17) is 16.9 Å². The highest BCUT2D eigenvalue weighted by atomic mass is 35.5. The van der Waals surface area contributed by atoms with Crippen molar-refractivity contribution in [3.8, 4) is 17.9 Å². The van der Waals surface area contributed by atoms with Gasteiger partial charge >= 0.3 is 0 Å². The van der Waals surface area contributed by atoms with E-state index in [0.717, 1.165) is 16.7 Å². The lowest BCUT2D eigenvalue weighted by Crippen LogP contribution is -1.87. The summed E-state index contributed by atoms with van der Waals surface area (Å²) < 4.78 is 0. The predicted octanol–water partition coefficient (Wildman–Crippen LogP) is 3.81. The highest BCUT2D eigenvalue weighted by Crippen LogP contribution is 2.10. The van der Waals surface area contributed by atoms with E-state index in [9.17, 15) is 0 Å². The van der Waals surface area contributed by atoms with Crippen LogP contribution in [0.5, 0.6) is 0 Å². The lowest BCUT2D eigenvalue weighted by atomic mass is 10.1. The molecule has 0 spiro atoms. The molecule has 18 heavy (non-hydrogen) atoms. The molecule has 0 heterocycles. The minimum atomic E-state index is 0.380. The second-order valence-electron chi connectivity index (χ2n) is 3.75. The summed E-state index contributed by atoms with van der Waals surface area (Å²) in [5.41, 5.74) is 2.77. The Hall–Kier alpha value is -2.22. The highest BCUT2D eigenvalue weighted by molar-refractivity contribution is 6.30. The van der Waals surface area contributed by atoms with E-state index >= 15 is 0 Å². The molecule has 0 unspecified atom stereocenters. The van der Waals surface area contributed by atoms with Crippen molar-refractivity contribution in [3.63, 3.8) is 0 Å². The topological polar surface area (TPSA) is 23.8 Å². The average Bonchev–Trinajstić information content (AvgIpc) is 2.40. The summed E-state index contributed by atoms with van der Waals surface area (Å²) >= 11 is 5.81. The van der Waals surface area contributed by atoms with Gasteiger partial charge in [-0.1, -0.05) is 41.6 Å². The molecule has 1 nitrogen and oxygen atoms in total. The maximum Gasteiger partial charge on any atom is 0.0670 e.